The van der Waals surface area contributed by atoms with Crippen LogP contribution in [0, 0.1) is 17.2 Å². The quantitative estimate of drug-likeness (QED) is 0.867. The van der Waals surface area contributed by atoms with E-state index in [4.69, 9.17) is 5.26 Å². The molecule has 102 valence electrons. The Balaban J connectivity index is 1.85. The van der Waals surface area contributed by atoms with E-state index in [9.17, 15) is 5.11 Å². The Morgan fingerprint density at radius 2 is 2.26 bits per heavy atom. The van der Waals surface area contributed by atoms with Crippen molar-refractivity contribution in [1.29, 1.82) is 5.26 Å². The van der Waals surface area contributed by atoms with E-state index in [-0.39, 0.29) is 0 Å². The number of nitrogens with one attached hydrogen (secondary N) is 1. The highest BCUT2D eigenvalue weighted by molar-refractivity contribution is 5.30. The molecule has 4 nitrogen and oxygen atoms in total. The summed E-state index contributed by atoms with van der Waals surface area (Å²) in [7, 11) is 0. The van der Waals surface area contributed by atoms with Crippen LogP contribution in [-0.2, 0) is 6.54 Å². The molecule has 2 N–H and O–H groups in total. The lowest BCUT2D eigenvalue weighted by molar-refractivity contribution is -0.00631. The smallest absolute Gasteiger partial charge is 0.144 e. The summed E-state index contributed by atoms with van der Waals surface area (Å²) in [6.07, 6.45) is 5.53. The summed E-state index contributed by atoms with van der Waals surface area (Å²) in [4.78, 5) is 4.03. The van der Waals surface area contributed by atoms with Gasteiger partial charge in [-0.25, -0.2) is 4.98 Å². The predicted octanol–water partition coefficient (Wildman–Crippen LogP) is 1.98. The van der Waals surface area contributed by atoms with Gasteiger partial charge in [0.25, 0.3) is 0 Å². The molecule has 0 saturated heterocycles. The van der Waals surface area contributed by atoms with E-state index >= 15 is 0 Å². The maximum Gasteiger partial charge on any atom is 0.144 e. The number of nitrogens with zero attached hydrogens (tertiary/aromatic N) is 2. The van der Waals surface area contributed by atoms with Gasteiger partial charge in [-0.1, -0.05) is 13.0 Å². The summed E-state index contributed by atoms with van der Waals surface area (Å²) in [5.41, 5.74) is 0.763. The third-order valence-electron chi connectivity index (χ3n) is 3.97. The van der Waals surface area contributed by atoms with Crippen LogP contribution in [0.4, 0.5) is 0 Å². The maximum atomic E-state index is 10.5. The third kappa shape index (κ3) is 3.76. The minimum absolute atomic E-state index is 0.458. The molecule has 0 atom stereocenters. The van der Waals surface area contributed by atoms with E-state index in [1.807, 2.05) is 12.1 Å². The van der Waals surface area contributed by atoms with Gasteiger partial charge in [0.2, 0.25) is 0 Å². The van der Waals surface area contributed by atoms with Gasteiger partial charge in [0, 0.05) is 24.8 Å². The van der Waals surface area contributed by atoms with Gasteiger partial charge < -0.3 is 10.4 Å². The van der Waals surface area contributed by atoms with Crippen LogP contribution in [0.25, 0.3) is 0 Å². The van der Waals surface area contributed by atoms with E-state index in [1.54, 1.807) is 6.20 Å². The number of hydrogen-bond donors (Lipinski definition) is 2. The van der Waals surface area contributed by atoms with Crippen LogP contribution < -0.4 is 5.32 Å². The second-order valence-electron chi connectivity index (χ2n) is 5.63. The monoisotopic (exact) mass is 259 g/mol. The Morgan fingerprint density at radius 1 is 1.53 bits per heavy atom. The highest BCUT2D eigenvalue weighted by atomic mass is 16.3. The molecule has 1 heterocycles. The van der Waals surface area contributed by atoms with Crippen molar-refractivity contribution in [2.75, 3.05) is 6.54 Å². The molecular weight excluding hydrogens is 238 g/mol. The van der Waals surface area contributed by atoms with E-state index in [2.05, 4.69) is 23.3 Å². The molecule has 0 aliphatic heterocycles. The fourth-order valence-electron chi connectivity index (χ4n) is 2.59. The zero-order valence-electron chi connectivity index (χ0n) is 11.4. The Kier molecular flexibility index (Phi) is 4.52. The molecule has 0 aromatic carbocycles. The van der Waals surface area contributed by atoms with Crippen molar-refractivity contribution >= 4 is 0 Å². The highest BCUT2D eigenvalue weighted by Gasteiger charge is 2.31. The molecule has 0 bridgehead atoms. The Bertz CT molecular complexity index is 459. The second kappa shape index (κ2) is 6.14. The van der Waals surface area contributed by atoms with Crippen LogP contribution in [0.2, 0.25) is 0 Å². The van der Waals surface area contributed by atoms with Gasteiger partial charge in [0.1, 0.15) is 11.8 Å². The van der Waals surface area contributed by atoms with Crippen molar-refractivity contribution in [3.63, 3.8) is 0 Å². The van der Waals surface area contributed by atoms with Gasteiger partial charge in [-0.05, 0) is 37.7 Å². The molecule has 0 amide bonds. The first-order valence-corrected chi connectivity index (χ1v) is 6.90. The highest BCUT2D eigenvalue weighted by Crippen LogP contribution is 2.31. The minimum atomic E-state index is -0.582. The molecule has 19 heavy (non-hydrogen) atoms. The molecule has 1 aromatic rings. The third-order valence-corrected chi connectivity index (χ3v) is 3.97. The summed E-state index contributed by atoms with van der Waals surface area (Å²) >= 11 is 0. The SMILES string of the molecule is CC1CCC(O)(CNCc2cccnc2C#N)CC1. The Morgan fingerprint density at radius 3 is 2.95 bits per heavy atom. The molecule has 4 heteroatoms. The van der Waals surface area contributed by atoms with Crippen molar-refractivity contribution in [2.24, 2.45) is 5.92 Å². The van der Waals surface area contributed by atoms with Crippen molar-refractivity contribution in [3.05, 3.63) is 29.6 Å². The van der Waals surface area contributed by atoms with E-state index in [1.165, 1.54) is 0 Å². The Hall–Kier alpha value is -1.44. The first-order valence-electron chi connectivity index (χ1n) is 6.90. The van der Waals surface area contributed by atoms with Crippen LogP contribution in [-0.4, -0.2) is 22.2 Å². The van der Waals surface area contributed by atoms with E-state index in [0.29, 0.717) is 18.8 Å². The van der Waals surface area contributed by atoms with Gasteiger partial charge in [-0.3, -0.25) is 0 Å². The Labute approximate surface area is 114 Å². The van der Waals surface area contributed by atoms with E-state index in [0.717, 1.165) is 37.2 Å². The average Bonchev–Trinajstić information content (AvgIpc) is 2.43. The number of rotatable bonds is 4. The average molecular weight is 259 g/mol. The molecule has 1 fully saturated rings. The van der Waals surface area contributed by atoms with E-state index < -0.39 is 5.60 Å². The largest absolute Gasteiger partial charge is 0.389 e. The fraction of sp³-hybridized carbons (Fsp3) is 0.600. The lowest BCUT2D eigenvalue weighted by Gasteiger charge is -2.35. The predicted molar refractivity (Wildman–Crippen MR) is 73.2 cm³/mol. The van der Waals surface area contributed by atoms with Gasteiger partial charge >= 0.3 is 0 Å². The molecule has 2 rings (SSSR count). The van der Waals surface area contributed by atoms with Crippen LogP contribution in [0.5, 0.6) is 0 Å². The molecule has 1 saturated carbocycles. The maximum absolute atomic E-state index is 10.5. The van der Waals surface area contributed by atoms with Crippen LogP contribution in [0.1, 0.15) is 43.9 Å². The lowest BCUT2D eigenvalue weighted by atomic mass is 9.79. The van der Waals surface area contributed by atoms with Gasteiger partial charge in [0.05, 0.1) is 5.60 Å². The normalized spacial score (nSPS) is 26.9. The summed E-state index contributed by atoms with van der Waals surface area (Å²) in [5.74, 6) is 0.726. The number of pyridine rings is 1. The van der Waals surface area contributed by atoms with Crippen LogP contribution in [0.3, 0.4) is 0 Å². The molecule has 0 radical (unpaired) electrons. The summed E-state index contributed by atoms with van der Waals surface area (Å²) < 4.78 is 0. The lowest BCUT2D eigenvalue weighted by Crippen LogP contribution is -2.43. The van der Waals surface area contributed by atoms with Crippen LogP contribution in [0.15, 0.2) is 18.3 Å². The number of nitriles is 1. The molecule has 0 spiro atoms. The minimum Gasteiger partial charge on any atom is -0.389 e. The first kappa shape index (κ1) is 14.0. The number of aromatic nitrogens is 1. The van der Waals surface area contributed by atoms with Crippen LogP contribution >= 0.6 is 0 Å². The molecule has 0 unspecified atom stereocenters. The topological polar surface area (TPSA) is 68.9 Å². The first-order chi connectivity index (χ1) is 9.13. The van der Waals surface area contributed by atoms with Gasteiger partial charge in [0.15, 0.2) is 0 Å². The summed E-state index contributed by atoms with van der Waals surface area (Å²) in [6, 6.07) is 5.81. The summed E-state index contributed by atoms with van der Waals surface area (Å²) in [6.45, 7) is 3.40. The van der Waals surface area contributed by atoms with Gasteiger partial charge in [-0.15, -0.1) is 0 Å². The molecule has 1 aliphatic rings. The summed E-state index contributed by atoms with van der Waals surface area (Å²) in [5, 5.41) is 22.7. The standard InChI is InChI=1S/C15H21N3O/c1-12-4-6-15(19,7-5-12)11-17-10-13-3-2-8-18-14(13)9-16/h2-3,8,12,17,19H,4-7,10-11H2,1H3. The van der Waals surface area contributed by atoms with Crippen molar-refractivity contribution in [2.45, 2.75) is 44.8 Å². The number of hydrogen-bond acceptors (Lipinski definition) is 4. The fourth-order valence-corrected chi connectivity index (χ4v) is 2.59. The molecule has 1 aliphatic carbocycles. The molecular formula is C15H21N3O. The zero-order chi connectivity index (χ0) is 13.7. The zero-order valence-corrected chi connectivity index (χ0v) is 11.4. The molecule has 1 aromatic heterocycles. The van der Waals surface area contributed by atoms with Gasteiger partial charge in [-0.2, -0.15) is 5.26 Å². The van der Waals surface area contributed by atoms with Crippen molar-refractivity contribution in [1.82, 2.24) is 10.3 Å². The van der Waals surface area contributed by atoms with Crippen molar-refractivity contribution < 1.29 is 5.11 Å². The van der Waals surface area contributed by atoms with Crippen molar-refractivity contribution in [3.8, 4) is 6.07 Å². The number of aliphatic hydroxyl groups is 1. The second-order valence-corrected chi connectivity index (χ2v) is 5.63.